The van der Waals surface area contributed by atoms with E-state index in [-0.39, 0.29) is 5.41 Å². The lowest BCUT2D eigenvalue weighted by atomic mass is 9.42. The maximum Gasteiger partial charge on any atom is 0.0797 e. The quantitative estimate of drug-likeness (QED) is 0.642. The Hall–Kier alpha value is -0.560. The summed E-state index contributed by atoms with van der Waals surface area (Å²) in [6, 6.07) is 0. The minimum Gasteiger partial charge on any atom is -0.386 e. The number of allylic oxidation sites excluding steroid dienone is 1. The van der Waals surface area contributed by atoms with Gasteiger partial charge in [0.05, 0.1) is 5.60 Å². The molecule has 0 amide bonds. The molecule has 1 nitrogen and oxygen atoms in total. The summed E-state index contributed by atoms with van der Waals surface area (Å²) < 4.78 is 0. The highest BCUT2D eigenvalue weighted by Gasteiger charge is 2.58. The zero-order chi connectivity index (χ0) is 16.8. The molecule has 2 aliphatic carbocycles. The van der Waals surface area contributed by atoms with Gasteiger partial charge < -0.3 is 5.11 Å². The number of hydrogen-bond acceptors (Lipinski definition) is 1. The SMILES string of the molecule is C=CC(C)(O)CCC1(C)C(=C)CCC2C(C)(C)CCCC21C. The van der Waals surface area contributed by atoms with E-state index in [1.807, 2.05) is 6.92 Å². The molecule has 2 rings (SSSR count). The first-order valence-electron chi connectivity index (χ1n) is 9.03. The molecule has 2 saturated carbocycles. The zero-order valence-electron chi connectivity index (χ0n) is 15.5. The predicted molar refractivity (Wildman–Crippen MR) is 95.8 cm³/mol. The maximum absolute atomic E-state index is 10.4. The average Bonchev–Trinajstić information content (AvgIpc) is 2.42. The molecule has 0 aliphatic heterocycles. The van der Waals surface area contributed by atoms with Gasteiger partial charge in [-0.2, -0.15) is 0 Å². The maximum atomic E-state index is 10.4. The second-order valence-electron chi connectivity index (χ2n) is 9.35. The van der Waals surface area contributed by atoms with Crippen LogP contribution >= 0.6 is 0 Å². The van der Waals surface area contributed by atoms with E-state index in [1.54, 1.807) is 6.08 Å². The molecule has 1 heteroatoms. The van der Waals surface area contributed by atoms with E-state index < -0.39 is 5.60 Å². The van der Waals surface area contributed by atoms with E-state index in [2.05, 4.69) is 40.9 Å². The van der Waals surface area contributed by atoms with Crippen LogP contribution in [0.2, 0.25) is 0 Å². The van der Waals surface area contributed by atoms with Crippen molar-refractivity contribution in [2.45, 2.75) is 85.2 Å². The van der Waals surface area contributed by atoms with Crippen LogP contribution in [0.4, 0.5) is 0 Å². The Morgan fingerprint density at radius 1 is 1.27 bits per heavy atom. The molecule has 0 spiro atoms. The van der Waals surface area contributed by atoms with Gasteiger partial charge in [0, 0.05) is 0 Å². The van der Waals surface area contributed by atoms with Gasteiger partial charge in [-0.15, -0.1) is 6.58 Å². The molecule has 22 heavy (non-hydrogen) atoms. The molecule has 0 heterocycles. The Balaban J connectivity index is 2.34. The van der Waals surface area contributed by atoms with Crippen LogP contribution in [0.5, 0.6) is 0 Å². The monoisotopic (exact) mass is 304 g/mol. The lowest BCUT2D eigenvalue weighted by molar-refractivity contribution is -0.102. The minimum absolute atomic E-state index is 0.126. The van der Waals surface area contributed by atoms with Crippen molar-refractivity contribution in [2.24, 2.45) is 22.2 Å². The summed E-state index contributed by atoms with van der Waals surface area (Å²) in [4.78, 5) is 0. The van der Waals surface area contributed by atoms with Gasteiger partial charge in [-0.1, -0.05) is 52.3 Å². The van der Waals surface area contributed by atoms with Gasteiger partial charge in [0.15, 0.2) is 0 Å². The van der Waals surface area contributed by atoms with Crippen molar-refractivity contribution < 1.29 is 5.11 Å². The molecule has 0 aromatic carbocycles. The van der Waals surface area contributed by atoms with Gasteiger partial charge in [-0.05, 0) is 67.6 Å². The Bertz CT molecular complexity index is 459. The third-order valence-electron chi connectivity index (χ3n) is 7.58. The predicted octanol–water partition coefficient (Wildman–Crippen LogP) is 5.89. The van der Waals surface area contributed by atoms with Gasteiger partial charge in [-0.25, -0.2) is 0 Å². The Morgan fingerprint density at radius 2 is 1.91 bits per heavy atom. The molecular formula is C21H36O. The number of rotatable bonds is 4. The van der Waals surface area contributed by atoms with Crippen LogP contribution in [0.25, 0.3) is 0 Å². The summed E-state index contributed by atoms with van der Waals surface area (Å²) in [6.07, 6.45) is 9.87. The van der Waals surface area contributed by atoms with E-state index in [0.29, 0.717) is 10.8 Å². The van der Waals surface area contributed by atoms with Crippen LogP contribution in [0.1, 0.15) is 79.6 Å². The van der Waals surface area contributed by atoms with E-state index in [0.717, 1.165) is 25.2 Å². The summed E-state index contributed by atoms with van der Waals surface area (Å²) in [5, 5.41) is 10.4. The summed E-state index contributed by atoms with van der Waals surface area (Å²) in [5.41, 5.74) is 1.50. The van der Waals surface area contributed by atoms with Crippen LogP contribution < -0.4 is 0 Å². The topological polar surface area (TPSA) is 20.2 Å². The number of fused-ring (bicyclic) bond motifs is 1. The molecule has 0 saturated heterocycles. The molecular weight excluding hydrogens is 268 g/mol. The largest absolute Gasteiger partial charge is 0.386 e. The lowest BCUT2D eigenvalue weighted by Crippen LogP contribution is -2.54. The van der Waals surface area contributed by atoms with Crippen LogP contribution in [-0.2, 0) is 0 Å². The lowest BCUT2D eigenvalue weighted by Gasteiger charge is -2.63. The van der Waals surface area contributed by atoms with E-state index in [4.69, 9.17) is 0 Å². The van der Waals surface area contributed by atoms with Crippen LogP contribution in [0.3, 0.4) is 0 Å². The fraction of sp³-hybridized carbons (Fsp3) is 0.810. The van der Waals surface area contributed by atoms with Crippen LogP contribution in [0.15, 0.2) is 24.8 Å². The number of aliphatic hydroxyl groups is 1. The Labute approximate surface area is 137 Å². The van der Waals surface area contributed by atoms with Crippen molar-refractivity contribution in [3.8, 4) is 0 Å². The molecule has 0 aromatic heterocycles. The summed E-state index contributed by atoms with van der Waals surface area (Å²) in [6.45, 7) is 20.0. The minimum atomic E-state index is -0.767. The third-order valence-corrected chi connectivity index (χ3v) is 7.58. The van der Waals surface area contributed by atoms with Crippen molar-refractivity contribution in [1.29, 1.82) is 0 Å². The van der Waals surface area contributed by atoms with Crippen molar-refractivity contribution in [1.82, 2.24) is 0 Å². The van der Waals surface area contributed by atoms with E-state index >= 15 is 0 Å². The molecule has 126 valence electrons. The zero-order valence-corrected chi connectivity index (χ0v) is 15.5. The molecule has 0 radical (unpaired) electrons. The van der Waals surface area contributed by atoms with Crippen molar-refractivity contribution in [3.05, 3.63) is 24.8 Å². The summed E-state index contributed by atoms with van der Waals surface area (Å²) in [5.74, 6) is 0.762. The second kappa shape index (κ2) is 5.51. The number of hydrogen-bond donors (Lipinski definition) is 1. The van der Waals surface area contributed by atoms with Crippen LogP contribution in [0, 0.1) is 22.2 Å². The van der Waals surface area contributed by atoms with Gasteiger partial charge >= 0.3 is 0 Å². The molecule has 2 fully saturated rings. The molecule has 0 bridgehead atoms. The van der Waals surface area contributed by atoms with E-state index in [9.17, 15) is 5.11 Å². The van der Waals surface area contributed by atoms with Crippen molar-refractivity contribution >= 4 is 0 Å². The molecule has 2 aliphatic rings. The van der Waals surface area contributed by atoms with Crippen LogP contribution in [-0.4, -0.2) is 10.7 Å². The summed E-state index contributed by atoms with van der Waals surface area (Å²) >= 11 is 0. The highest BCUT2D eigenvalue weighted by atomic mass is 16.3. The van der Waals surface area contributed by atoms with Gasteiger partial charge in [0.2, 0.25) is 0 Å². The standard InChI is InChI=1S/C21H36O/c1-8-19(5,22)14-15-20(6)16(2)10-11-17-18(3,4)12-9-13-21(17,20)7/h8,17,22H,1-2,9-15H2,3-7H3. The second-order valence-corrected chi connectivity index (χ2v) is 9.35. The van der Waals surface area contributed by atoms with Crippen molar-refractivity contribution in [3.63, 3.8) is 0 Å². The highest BCUT2D eigenvalue weighted by Crippen LogP contribution is 2.67. The molecule has 4 unspecified atom stereocenters. The fourth-order valence-electron chi connectivity index (χ4n) is 5.56. The third kappa shape index (κ3) is 2.70. The normalized spacial score (nSPS) is 40.6. The van der Waals surface area contributed by atoms with Gasteiger partial charge in [0.25, 0.3) is 0 Å². The summed E-state index contributed by atoms with van der Waals surface area (Å²) in [7, 11) is 0. The highest BCUT2D eigenvalue weighted by molar-refractivity contribution is 5.22. The smallest absolute Gasteiger partial charge is 0.0797 e. The molecule has 1 N–H and O–H groups in total. The molecule has 0 aromatic rings. The first-order valence-corrected chi connectivity index (χ1v) is 9.03. The van der Waals surface area contributed by atoms with Crippen molar-refractivity contribution in [2.75, 3.05) is 0 Å². The molecule has 4 atom stereocenters. The Kier molecular flexibility index (Phi) is 4.46. The van der Waals surface area contributed by atoms with Gasteiger partial charge in [-0.3, -0.25) is 0 Å². The average molecular weight is 305 g/mol. The van der Waals surface area contributed by atoms with Gasteiger partial charge in [0.1, 0.15) is 0 Å². The Morgan fingerprint density at radius 3 is 2.50 bits per heavy atom. The first-order chi connectivity index (χ1) is 9.98. The first kappa shape index (κ1) is 17.8. The van der Waals surface area contributed by atoms with E-state index in [1.165, 1.54) is 31.3 Å². The fourth-order valence-corrected chi connectivity index (χ4v) is 5.56.